The minimum absolute atomic E-state index is 0.138. The van der Waals surface area contributed by atoms with Crippen molar-refractivity contribution in [2.75, 3.05) is 36.0 Å². The molecule has 2 N–H and O–H groups in total. The third-order valence-corrected chi connectivity index (χ3v) is 6.22. The van der Waals surface area contributed by atoms with Crippen LogP contribution < -0.4 is 20.8 Å². The number of carbonyl (C=O) groups excluding carboxylic acids is 1. The van der Waals surface area contributed by atoms with Crippen molar-refractivity contribution in [3.8, 4) is 11.4 Å². The second-order valence-electron chi connectivity index (χ2n) is 8.46. The fraction of sp³-hybridized carbons (Fsp3) is 0.375. The molecule has 1 fully saturated rings. The number of hydrogen-bond acceptors (Lipinski definition) is 6. The number of phenols is 1. The van der Waals surface area contributed by atoms with Gasteiger partial charge in [0.1, 0.15) is 12.1 Å². The van der Waals surface area contributed by atoms with E-state index in [9.17, 15) is 14.7 Å². The largest absolute Gasteiger partial charge is 0.508 e. The molecule has 2 heterocycles. The molecule has 0 aliphatic carbocycles. The zero-order valence-corrected chi connectivity index (χ0v) is 19.2. The Morgan fingerprint density at radius 3 is 1.91 bits per heavy atom. The Balaban J connectivity index is 1.42. The summed E-state index contributed by atoms with van der Waals surface area (Å²) in [6.45, 7) is 8.73. The predicted octanol–water partition coefficient (Wildman–Crippen LogP) is 2.15. The van der Waals surface area contributed by atoms with E-state index in [1.807, 2.05) is 50.2 Å². The van der Waals surface area contributed by atoms with Gasteiger partial charge in [-0.2, -0.15) is 5.10 Å². The van der Waals surface area contributed by atoms with Crippen LogP contribution in [0.1, 0.15) is 26.8 Å². The van der Waals surface area contributed by atoms with Crippen molar-refractivity contribution in [2.24, 2.45) is 0 Å². The molecule has 2 aromatic carbocycles. The normalized spacial score (nSPS) is 15.8. The minimum Gasteiger partial charge on any atom is -0.508 e. The number of rotatable bonds is 6. The fourth-order valence-electron chi connectivity index (χ4n) is 4.14. The summed E-state index contributed by atoms with van der Waals surface area (Å²) in [5.74, 6) is 0.139. The fourth-order valence-corrected chi connectivity index (χ4v) is 4.14. The SMILES string of the molecule is CC(=O)NC(C)C(C)n1ncn(-c2ccc(N3CCN(c4ccc(O)cc4)CC3)cc2)c1=O. The van der Waals surface area contributed by atoms with Crippen LogP contribution in [0.25, 0.3) is 5.69 Å². The summed E-state index contributed by atoms with van der Waals surface area (Å²) < 4.78 is 2.92. The van der Waals surface area contributed by atoms with Crippen LogP contribution >= 0.6 is 0 Å². The van der Waals surface area contributed by atoms with Crippen molar-refractivity contribution in [3.63, 3.8) is 0 Å². The van der Waals surface area contributed by atoms with E-state index in [-0.39, 0.29) is 29.4 Å². The number of benzene rings is 2. The van der Waals surface area contributed by atoms with E-state index in [1.54, 1.807) is 12.1 Å². The van der Waals surface area contributed by atoms with Crippen molar-refractivity contribution in [2.45, 2.75) is 32.9 Å². The van der Waals surface area contributed by atoms with Gasteiger partial charge in [-0.25, -0.2) is 14.0 Å². The van der Waals surface area contributed by atoms with Gasteiger partial charge >= 0.3 is 5.69 Å². The molecule has 4 rings (SSSR count). The number of amides is 1. The summed E-state index contributed by atoms with van der Waals surface area (Å²) in [7, 11) is 0. The molecule has 9 nitrogen and oxygen atoms in total. The number of anilines is 2. The van der Waals surface area contributed by atoms with Crippen LogP contribution in [-0.2, 0) is 4.79 Å². The van der Waals surface area contributed by atoms with Gasteiger partial charge in [-0.15, -0.1) is 0 Å². The Hall–Kier alpha value is -3.75. The van der Waals surface area contributed by atoms with E-state index >= 15 is 0 Å². The maximum atomic E-state index is 12.9. The van der Waals surface area contributed by atoms with Gasteiger partial charge in [0.2, 0.25) is 5.91 Å². The molecule has 0 spiro atoms. The monoisotopic (exact) mass is 450 g/mol. The predicted molar refractivity (Wildman–Crippen MR) is 128 cm³/mol. The Labute approximate surface area is 192 Å². The van der Waals surface area contributed by atoms with Gasteiger partial charge in [0.25, 0.3) is 0 Å². The number of aromatic hydroxyl groups is 1. The standard InChI is InChI=1S/C24H30N6O3/c1-17(26-19(3)31)18(2)30-24(33)29(16-25-30)22-6-4-20(5-7-22)27-12-14-28(15-13-27)21-8-10-23(32)11-9-21/h4-11,16-18,32H,12-15H2,1-3H3,(H,26,31). The molecule has 1 amide bonds. The van der Waals surface area contributed by atoms with Gasteiger partial charge < -0.3 is 20.2 Å². The molecule has 2 atom stereocenters. The molecule has 9 heteroatoms. The molecule has 0 radical (unpaired) electrons. The molecular weight excluding hydrogens is 420 g/mol. The molecule has 1 aliphatic heterocycles. The van der Waals surface area contributed by atoms with Crippen molar-refractivity contribution in [3.05, 3.63) is 65.3 Å². The lowest BCUT2D eigenvalue weighted by Crippen LogP contribution is -2.46. The van der Waals surface area contributed by atoms with Crippen LogP contribution in [0.4, 0.5) is 11.4 Å². The van der Waals surface area contributed by atoms with E-state index in [0.717, 1.165) is 43.2 Å². The topological polar surface area (TPSA) is 95.6 Å². The van der Waals surface area contributed by atoms with Crippen LogP contribution in [0.2, 0.25) is 0 Å². The van der Waals surface area contributed by atoms with Gasteiger partial charge in [-0.05, 0) is 62.4 Å². The average molecular weight is 451 g/mol. The summed E-state index contributed by atoms with van der Waals surface area (Å²) in [4.78, 5) is 28.9. The maximum Gasteiger partial charge on any atom is 0.350 e. The van der Waals surface area contributed by atoms with Gasteiger partial charge in [0.05, 0.1) is 11.7 Å². The van der Waals surface area contributed by atoms with Gasteiger partial charge in [0, 0.05) is 50.5 Å². The van der Waals surface area contributed by atoms with E-state index in [2.05, 4.69) is 20.2 Å². The van der Waals surface area contributed by atoms with Crippen molar-refractivity contribution < 1.29 is 9.90 Å². The average Bonchev–Trinajstić information content (AvgIpc) is 3.20. The molecule has 2 unspecified atom stereocenters. The molecule has 1 aromatic heterocycles. The van der Waals surface area contributed by atoms with Crippen LogP contribution in [0.15, 0.2) is 59.7 Å². The number of aromatic nitrogens is 3. The zero-order chi connectivity index (χ0) is 23.5. The number of carbonyl (C=O) groups is 1. The number of phenolic OH excluding ortho intramolecular Hbond substituents is 1. The molecule has 0 saturated carbocycles. The zero-order valence-electron chi connectivity index (χ0n) is 19.2. The van der Waals surface area contributed by atoms with E-state index < -0.39 is 0 Å². The van der Waals surface area contributed by atoms with E-state index in [0.29, 0.717) is 0 Å². The van der Waals surface area contributed by atoms with Crippen LogP contribution in [-0.4, -0.2) is 57.6 Å². The van der Waals surface area contributed by atoms with Crippen LogP contribution in [0.3, 0.4) is 0 Å². The molecule has 0 bridgehead atoms. The molecule has 1 saturated heterocycles. The van der Waals surface area contributed by atoms with Gasteiger partial charge in [-0.1, -0.05) is 0 Å². The second kappa shape index (κ2) is 9.40. The summed E-state index contributed by atoms with van der Waals surface area (Å²) in [6, 6.07) is 14.7. The first-order valence-electron chi connectivity index (χ1n) is 11.2. The van der Waals surface area contributed by atoms with E-state index in [1.165, 1.54) is 22.5 Å². The van der Waals surface area contributed by atoms with Crippen molar-refractivity contribution >= 4 is 17.3 Å². The molecule has 174 valence electrons. The number of nitrogens with one attached hydrogen (secondary N) is 1. The smallest absolute Gasteiger partial charge is 0.350 e. The first-order valence-corrected chi connectivity index (χ1v) is 11.2. The Morgan fingerprint density at radius 2 is 1.39 bits per heavy atom. The molecule has 3 aromatic rings. The van der Waals surface area contributed by atoms with Crippen LogP contribution in [0, 0.1) is 0 Å². The summed E-state index contributed by atoms with van der Waals surface area (Å²) in [5, 5.41) is 16.6. The highest BCUT2D eigenvalue weighted by Crippen LogP contribution is 2.23. The highest BCUT2D eigenvalue weighted by Gasteiger charge is 2.20. The lowest BCUT2D eigenvalue weighted by molar-refractivity contribution is -0.119. The number of piperazine rings is 1. The Morgan fingerprint density at radius 1 is 0.909 bits per heavy atom. The Bertz CT molecular complexity index is 1140. The van der Waals surface area contributed by atoms with Crippen molar-refractivity contribution in [1.29, 1.82) is 0 Å². The van der Waals surface area contributed by atoms with Gasteiger partial charge in [-0.3, -0.25) is 4.79 Å². The Kier molecular flexibility index (Phi) is 6.39. The first kappa shape index (κ1) is 22.4. The summed E-state index contributed by atoms with van der Waals surface area (Å²) >= 11 is 0. The lowest BCUT2D eigenvalue weighted by Gasteiger charge is -2.37. The number of nitrogens with zero attached hydrogens (tertiary/aromatic N) is 5. The lowest BCUT2D eigenvalue weighted by atomic mass is 10.2. The molecular formula is C24H30N6O3. The summed E-state index contributed by atoms with van der Waals surface area (Å²) in [6.07, 6.45) is 1.52. The first-order chi connectivity index (χ1) is 15.8. The third kappa shape index (κ3) is 4.87. The minimum atomic E-state index is -0.271. The van der Waals surface area contributed by atoms with Gasteiger partial charge in [0.15, 0.2) is 0 Å². The number of hydrogen-bond donors (Lipinski definition) is 2. The molecule has 33 heavy (non-hydrogen) atoms. The highest BCUT2D eigenvalue weighted by molar-refractivity contribution is 5.73. The third-order valence-electron chi connectivity index (χ3n) is 6.22. The summed E-state index contributed by atoms with van der Waals surface area (Å²) in [5.41, 5.74) is 2.73. The van der Waals surface area contributed by atoms with Crippen molar-refractivity contribution in [1.82, 2.24) is 19.7 Å². The molecule has 1 aliphatic rings. The van der Waals surface area contributed by atoms with Crippen LogP contribution in [0.5, 0.6) is 5.75 Å². The maximum absolute atomic E-state index is 12.9. The van der Waals surface area contributed by atoms with E-state index in [4.69, 9.17) is 0 Å². The second-order valence-corrected chi connectivity index (χ2v) is 8.46. The highest BCUT2D eigenvalue weighted by atomic mass is 16.3. The quantitative estimate of drug-likeness (QED) is 0.598.